The SMILES string of the molecule is C=CC(CC(=O)N1CC(C(=O)O)C(c2ccccc2)C1)c1ccccc1. The second-order valence-corrected chi connectivity index (χ2v) is 6.72. The molecule has 2 aromatic carbocycles. The van der Waals surface area contributed by atoms with E-state index < -0.39 is 11.9 Å². The number of carbonyl (C=O) groups is 2. The van der Waals surface area contributed by atoms with E-state index in [0.29, 0.717) is 13.0 Å². The summed E-state index contributed by atoms with van der Waals surface area (Å²) in [6, 6.07) is 19.4. The smallest absolute Gasteiger partial charge is 0.308 e. The zero-order valence-corrected chi connectivity index (χ0v) is 14.6. The summed E-state index contributed by atoms with van der Waals surface area (Å²) in [6.45, 7) is 4.56. The van der Waals surface area contributed by atoms with Crippen molar-refractivity contribution < 1.29 is 14.7 Å². The molecular weight excluding hydrogens is 326 g/mol. The molecule has 4 nitrogen and oxygen atoms in total. The Bertz CT molecular complexity index is 772. The summed E-state index contributed by atoms with van der Waals surface area (Å²) in [4.78, 5) is 26.2. The molecular formula is C22H23NO3. The van der Waals surface area contributed by atoms with Crippen LogP contribution in [0.4, 0.5) is 0 Å². The third kappa shape index (κ3) is 3.85. The van der Waals surface area contributed by atoms with Crippen molar-refractivity contribution in [2.24, 2.45) is 5.92 Å². The van der Waals surface area contributed by atoms with Crippen LogP contribution in [0.2, 0.25) is 0 Å². The number of rotatable bonds is 6. The first-order valence-corrected chi connectivity index (χ1v) is 8.83. The number of hydrogen-bond donors (Lipinski definition) is 1. The molecule has 0 aliphatic carbocycles. The Kier molecular flexibility index (Phi) is 5.52. The third-order valence-corrected chi connectivity index (χ3v) is 5.12. The highest BCUT2D eigenvalue weighted by atomic mass is 16.4. The Morgan fingerprint density at radius 2 is 1.69 bits per heavy atom. The molecule has 2 aromatic rings. The van der Waals surface area contributed by atoms with E-state index >= 15 is 0 Å². The van der Waals surface area contributed by atoms with Crippen LogP contribution >= 0.6 is 0 Å². The maximum absolute atomic E-state index is 12.8. The van der Waals surface area contributed by atoms with Gasteiger partial charge in [-0.25, -0.2) is 0 Å². The summed E-state index contributed by atoms with van der Waals surface area (Å²) in [5.41, 5.74) is 2.02. The zero-order valence-electron chi connectivity index (χ0n) is 14.6. The lowest BCUT2D eigenvalue weighted by molar-refractivity contribution is -0.141. The van der Waals surface area contributed by atoms with E-state index in [1.807, 2.05) is 60.7 Å². The number of carbonyl (C=O) groups excluding carboxylic acids is 1. The fourth-order valence-electron chi connectivity index (χ4n) is 3.65. The summed E-state index contributed by atoms with van der Waals surface area (Å²) < 4.78 is 0. The third-order valence-electron chi connectivity index (χ3n) is 5.12. The molecule has 3 atom stereocenters. The largest absolute Gasteiger partial charge is 0.481 e. The molecule has 1 aliphatic heterocycles. The Hall–Kier alpha value is -2.88. The van der Waals surface area contributed by atoms with Crippen LogP contribution in [0.1, 0.15) is 29.4 Å². The van der Waals surface area contributed by atoms with Crippen LogP contribution in [-0.4, -0.2) is 35.0 Å². The van der Waals surface area contributed by atoms with Crippen LogP contribution in [0.3, 0.4) is 0 Å². The zero-order chi connectivity index (χ0) is 18.5. The highest BCUT2D eigenvalue weighted by Gasteiger charge is 2.40. The van der Waals surface area contributed by atoms with Gasteiger partial charge in [0.05, 0.1) is 5.92 Å². The number of nitrogens with zero attached hydrogens (tertiary/aromatic N) is 1. The molecule has 0 spiro atoms. The summed E-state index contributed by atoms with van der Waals surface area (Å²) in [5.74, 6) is -1.68. The molecule has 1 heterocycles. The average molecular weight is 349 g/mol. The average Bonchev–Trinajstić information content (AvgIpc) is 3.13. The lowest BCUT2D eigenvalue weighted by atomic mass is 9.89. The van der Waals surface area contributed by atoms with Crippen LogP contribution in [0.25, 0.3) is 0 Å². The van der Waals surface area contributed by atoms with Crippen molar-refractivity contribution >= 4 is 11.9 Å². The second kappa shape index (κ2) is 8.00. The molecule has 1 amide bonds. The summed E-state index contributed by atoms with van der Waals surface area (Å²) in [6.07, 6.45) is 2.09. The van der Waals surface area contributed by atoms with Gasteiger partial charge in [-0.05, 0) is 11.1 Å². The lowest BCUT2D eigenvalue weighted by Crippen LogP contribution is -2.30. The van der Waals surface area contributed by atoms with E-state index in [9.17, 15) is 14.7 Å². The Labute approximate surface area is 153 Å². The normalized spacial score (nSPS) is 20.5. The molecule has 26 heavy (non-hydrogen) atoms. The summed E-state index contributed by atoms with van der Waals surface area (Å²) in [7, 11) is 0. The van der Waals surface area contributed by atoms with E-state index in [-0.39, 0.29) is 24.3 Å². The number of hydrogen-bond acceptors (Lipinski definition) is 2. The topological polar surface area (TPSA) is 57.6 Å². The molecule has 0 bridgehead atoms. The quantitative estimate of drug-likeness (QED) is 0.810. The monoisotopic (exact) mass is 349 g/mol. The molecule has 1 fully saturated rings. The van der Waals surface area contributed by atoms with Gasteiger partial charge in [-0.1, -0.05) is 66.7 Å². The maximum Gasteiger partial charge on any atom is 0.308 e. The first-order chi connectivity index (χ1) is 12.6. The first kappa shape index (κ1) is 17.9. The van der Waals surface area contributed by atoms with E-state index in [1.165, 1.54) is 0 Å². The standard InChI is InChI=1S/C22H23NO3/c1-2-16(17-9-5-3-6-10-17)13-21(24)23-14-19(20(15-23)22(25)26)18-11-7-4-8-12-18/h2-12,16,19-20H,1,13-15H2,(H,25,26). The van der Waals surface area contributed by atoms with Gasteiger partial charge in [0.15, 0.2) is 0 Å². The van der Waals surface area contributed by atoms with Crippen LogP contribution in [0.5, 0.6) is 0 Å². The van der Waals surface area contributed by atoms with Crippen LogP contribution in [0, 0.1) is 5.92 Å². The number of aliphatic carboxylic acids is 1. The highest BCUT2D eigenvalue weighted by Crippen LogP contribution is 2.34. The van der Waals surface area contributed by atoms with Crippen molar-refractivity contribution in [2.75, 3.05) is 13.1 Å². The van der Waals surface area contributed by atoms with Gasteiger partial charge in [0, 0.05) is 31.3 Å². The van der Waals surface area contributed by atoms with Gasteiger partial charge < -0.3 is 10.0 Å². The van der Waals surface area contributed by atoms with Crippen molar-refractivity contribution in [3.05, 3.63) is 84.4 Å². The minimum Gasteiger partial charge on any atom is -0.481 e. The van der Waals surface area contributed by atoms with Crippen LogP contribution in [-0.2, 0) is 9.59 Å². The van der Waals surface area contributed by atoms with Crippen molar-refractivity contribution in [1.29, 1.82) is 0 Å². The molecule has 1 N–H and O–H groups in total. The fourth-order valence-corrected chi connectivity index (χ4v) is 3.65. The molecule has 4 heteroatoms. The van der Waals surface area contributed by atoms with Crippen LogP contribution < -0.4 is 0 Å². The van der Waals surface area contributed by atoms with Crippen molar-refractivity contribution in [3.8, 4) is 0 Å². The van der Waals surface area contributed by atoms with E-state index in [1.54, 1.807) is 11.0 Å². The van der Waals surface area contributed by atoms with Gasteiger partial charge in [-0.2, -0.15) is 0 Å². The van der Waals surface area contributed by atoms with Gasteiger partial charge in [-0.3, -0.25) is 9.59 Å². The van der Waals surface area contributed by atoms with Crippen LogP contribution in [0.15, 0.2) is 73.3 Å². The fraction of sp³-hybridized carbons (Fsp3) is 0.273. The number of benzene rings is 2. The predicted molar refractivity (Wildman–Crippen MR) is 101 cm³/mol. The molecule has 1 saturated heterocycles. The van der Waals surface area contributed by atoms with Gasteiger partial charge in [0.1, 0.15) is 0 Å². The Morgan fingerprint density at radius 3 is 2.27 bits per heavy atom. The number of carboxylic acids is 1. The molecule has 134 valence electrons. The number of likely N-dealkylation sites (tertiary alicyclic amines) is 1. The second-order valence-electron chi connectivity index (χ2n) is 6.72. The molecule has 3 rings (SSSR count). The minimum atomic E-state index is -0.850. The Morgan fingerprint density at radius 1 is 1.08 bits per heavy atom. The number of amides is 1. The number of carboxylic acid groups (broad SMARTS) is 1. The molecule has 0 aromatic heterocycles. The van der Waals surface area contributed by atoms with E-state index in [4.69, 9.17) is 0 Å². The highest BCUT2D eigenvalue weighted by molar-refractivity contribution is 5.80. The molecule has 0 saturated carbocycles. The van der Waals surface area contributed by atoms with Gasteiger partial charge in [0.25, 0.3) is 0 Å². The molecule has 0 radical (unpaired) electrons. The maximum atomic E-state index is 12.8. The van der Waals surface area contributed by atoms with E-state index in [2.05, 4.69) is 6.58 Å². The summed E-state index contributed by atoms with van der Waals surface area (Å²) >= 11 is 0. The predicted octanol–water partition coefficient (Wildman–Crippen LogP) is 3.67. The lowest BCUT2D eigenvalue weighted by Gasteiger charge is -2.20. The first-order valence-electron chi connectivity index (χ1n) is 8.83. The van der Waals surface area contributed by atoms with Crippen molar-refractivity contribution in [1.82, 2.24) is 4.90 Å². The van der Waals surface area contributed by atoms with Crippen molar-refractivity contribution in [2.45, 2.75) is 18.3 Å². The van der Waals surface area contributed by atoms with Gasteiger partial charge >= 0.3 is 5.97 Å². The van der Waals surface area contributed by atoms with Gasteiger partial charge in [-0.15, -0.1) is 6.58 Å². The van der Waals surface area contributed by atoms with E-state index in [0.717, 1.165) is 11.1 Å². The molecule has 3 unspecified atom stereocenters. The van der Waals surface area contributed by atoms with Gasteiger partial charge in [0.2, 0.25) is 5.91 Å². The minimum absolute atomic E-state index is 0.0246. The summed E-state index contributed by atoms with van der Waals surface area (Å²) in [5, 5.41) is 9.60. The van der Waals surface area contributed by atoms with Crippen molar-refractivity contribution in [3.63, 3.8) is 0 Å². The number of allylic oxidation sites excluding steroid dienone is 1. The molecule has 1 aliphatic rings. The Balaban J connectivity index is 1.74.